The molecule has 3 N–H and O–H groups in total. The minimum atomic E-state index is -4.50. The van der Waals surface area contributed by atoms with E-state index in [2.05, 4.69) is 10.5 Å². The van der Waals surface area contributed by atoms with Crippen molar-refractivity contribution in [3.05, 3.63) is 52.2 Å². The number of benzene rings is 1. The summed E-state index contributed by atoms with van der Waals surface area (Å²) < 4.78 is 43.1. The molecule has 3 rings (SSSR count). The summed E-state index contributed by atoms with van der Waals surface area (Å²) in [5.74, 6) is -0.907. The van der Waals surface area contributed by atoms with Crippen LogP contribution in [0.5, 0.6) is 0 Å². The zero-order valence-electron chi connectivity index (χ0n) is 11.9. The van der Waals surface area contributed by atoms with E-state index in [9.17, 15) is 18.0 Å². The first-order valence-corrected chi connectivity index (χ1v) is 7.57. The number of rotatable bonds is 3. The Morgan fingerprint density at radius 3 is 2.75 bits per heavy atom. The summed E-state index contributed by atoms with van der Waals surface area (Å²) in [4.78, 5) is 12.4. The van der Waals surface area contributed by atoms with Crippen molar-refractivity contribution < 1.29 is 22.5 Å². The van der Waals surface area contributed by atoms with Crippen LogP contribution in [0.15, 0.2) is 45.6 Å². The van der Waals surface area contributed by atoms with Gasteiger partial charge in [0.2, 0.25) is 5.88 Å². The summed E-state index contributed by atoms with van der Waals surface area (Å²) in [6.45, 7) is 0. The molecule has 0 fully saturated rings. The molecule has 3 aromatic rings. The van der Waals surface area contributed by atoms with E-state index in [1.54, 1.807) is 16.8 Å². The summed E-state index contributed by atoms with van der Waals surface area (Å²) in [7, 11) is 0. The molecule has 0 bridgehead atoms. The normalized spacial score (nSPS) is 11.5. The van der Waals surface area contributed by atoms with Gasteiger partial charge in [-0.25, -0.2) is 0 Å². The first-order chi connectivity index (χ1) is 11.4. The van der Waals surface area contributed by atoms with Crippen LogP contribution >= 0.6 is 11.3 Å². The first-order valence-electron chi connectivity index (χ1n) is 6.62. The van der Waals surface area contributed by atoms with Crippen LogP contribution in [0.25, 0.3) is 11.3 Å². The number of alkyl halides is 3. The number of carbonyl (C=O) groups excluding carboxylic acids is 1. The topological polar surface area (TPSA) is 81.2 Å². The van der Waals surface area contributed by atoms with Crippen LogP contribution in [0.2, 0.25) is 0 Å². The van der Waals surface area contributed by atoms with E-state index in [0.717, 1.165) is 12.1 Å². The Kier molecular flexibility index (Phi) is 4.02. The average molecular weight is 353 g/mol. The number of anilines is 2. The number of carbonyl (C=O) groups is 1. The van der Waals surface area contributed by atoms with Gasteiger partial charge in [0.1, 0.15) is 11.3 Å². The minimum Gasteiger partial charge on any atom is -0.367 e. The van der Waals surface area contributed by atoms with Crippen molar-refractivity contribution in [3.8, 4) is 11.3 Å². The van der Waals surface area contributed by atoms with Crippen LogP contribution in [-0.2, 0) is 6.18 Å². The van der Waals surface area contributed by atoms with Gasteiger partial charge in [-0.3, -0.25) is 4.79 Å². The fraction of sp³-hybridized carbons (Fsp3) is 0.0667. The zero-order valence-corrected chi connectivity index (χ0v) is 12.7. The Labute approximate surface area is 137 Å². The van der Waals surface area contributed by atoms with Crippen LogP contribution in [-0.4, -0.2) is 11.1 Å². The highest BCUT2D eigenvalue weighted by Gasteiger charge is 2.31. The fourth-order valence-corrected chi connectivity index (χ4v) is 2.73. The molecular weight excluding hydrogens is 343 g/mol. The smallest absolute Gasteiger partial charge is 0.367 e. The maximum atomic E-state index is 12.7. The molecule has 0 saturated heterocycles. The molecule has 0 unspecified atom stereocenters. The highest BCUT2D eigenvalue weighted by Crippen LogP contribution is 2.32. The van der Waals surface area contributed by atoms with Gasteiger partial charge in [-0.15, -0.1) is 0 Å². The summed E-state index contributed by atoms with van der Waals surface area (Å²) in [5.41, 5.74) is 5.61. The van der Waals surface area contributed by atoms with Crippen LogP contribution in [0, 0.1) is 0 Å². The largest absolute Gasteiger partial charge is 0.416 e. The maximum absolute atomic E-state index is 12.7. The van der Waals surface area contributed by atoms with Crippen molar-refractivity contribution in [1.29, 1.82) is 0 Å². The van der Waals surface area contributed by atoms with E-state index >= 15 is 0 Å². The molecule has 0 aliphatic heterocycles. The van der Waals surface area contributed by atoms with Crippen molar-refractivity contribution in [1.82, 2.24) is 5.16 Å². The SMILES string of the molecule is Nc1onc(-c2ccsc2)c1C(=O)Nc1cccc(C(F)(F)F)c1. The van der Waals surface area contributed by atoms with Crippen LogP contribution < -0.4 is 11.1 Å². The molecule has 124 valence electrons. The third-order valence-electron chi connectivity index (χ3n) is 3.19. The van der Waals surface area contributed by atoms with Gasteiger partial charge in [-0.1, -0.05) is 11.2 Å². The maximum Gasteiger partial charge on any atom is 0.416 e. The third kappa shape index (κ3) is 3.11. The van der Waals surface area contributed by atoms with Gasteiger partial charge < -0.3 is 15.6 Å². The summed E-state index contributed by atoms with van der Waals surface area (Å²) in [6, 6.07) is 6.03. The molecule has 5 nitrogen and oxygen atoms in total. The average Bonchev–Trinajstić information content (AvgIpc) is 3.15. The quantitative estimate of drug-likeness (QED) is 0.737. The number of nitrogens with two attached hydrogens (primary N) is 1. The van der Waals surface area contributed by atoms with Gasteiger partial charge in [-0.05, 0) is 29.6 Å². The van der Waals surface area contributed by atoms with E-state index in [4.69, 9.17) is 10.3 Å². The van der Waals surface area contributed by atoms with Crippen molar-refractivity contribution >= 4 is 28.8 Å². The number of hydrogen-bond donors (Lipinski definition) is 2. The molecule has 9 heteroatoms. The second-order valence-electron chi connectivity index (χ2n) is 4.82. The molecule has 0 aliphatic rings. The number of nitrogen functional groups attached to an aromatic ring is 1. The van der Waals surface area contributed by atoms with Crippen molar-refractivity contribution in [2.45, 2.75) is 6.18 Å². The second-order valence-corrected chi connectivity index (χ2v) is 5.60. The van der Waals surface area contributed by atoms with Crippen LogP contribution in [0.4, 0.5) is 24.7 Å². The highest BCUT2D eigenvalue weighted by molar-refractivity contribution is 7.08. The Morgan fingerprint density at radius 1 is 1.29 bits per heavy atom. The number of thiophene rings is 1. The number of amides is 1. The summed E-state index contributed by atoms with van der Waals surface area (Å²) in [6.07, 6.45) is -4.50. The lowest BCUT2D eigenvalue weighted by molar-refractivity contribution is -0.137. The third-order valence-corrected chi connectivity index (χ3v) is 3.87. The molecule has 0 atom stereocenters. The van der Waals surface area contributed by atoms with E-state index in [0.29, 0.717) is 5.56 Å². The monoisotopic (exact) mass is 353 g/mol. The van der Waals surface area contributed by atoms with E-state index in [-0.39, 0.29) is 22.8 Å². The number of hydrogen-bond acceptors (Lipinski definition) is 5. The van der Waals surface area contributed by atoms with Crippen LogP contribution in [0.3, 0.4) is 0 Å². The van der Waals surface area contributed by atoms with Crippen LogP contribution in [0.1, 0.15) is 15.9 Å². The van der Waals surface area contributed by atoms with E-state index < -0.39 is 17.6 Å². The molecule has 2 aromatic heterocycles. The highest BCUT2D eigenvalue weighted by atomic mass is 32.1. The first kappa shape index (κ1) is 16.1. The van der Waals surface area contributed by atoms with Gasteiger partial charge in [0.15, 0.2) is 0 Å². The lowest BCUT2D eigenvalue weighted by atomic mass is 10.1. The summed E-state index contributed by atoms with van der Waals surface area (Å²) in [5, 5.41) is 9.66. The lowest BCUT2D eigenvalue weighted by Gasteiger charge is -2.09. The Hall–Kier alpha value is -2.81. The predicted octanol–water partition coefficient (Wildman–Crippen LogP) is 4.26. The van der Waals surface area contributed by atoms with Gasteiger partial charge in [-0.2, -0.15) is 24.5 Å². The Balaban J connectivity index is 1.91. The molecule has 1 aromatic carbocycles. The molecule has 0 saturated carbocycles. The van der Waals surface area contributed by atoms with Gasteiger partial charge in [0.05, 0.1) is 5.56 Å². The standard InChI is InChI=1S/C15H10F3N3O2S/c16-15(17,18)9-2-1-3-10(6-9)20-14(22)11-12(21-23-13(11)19)8-4-5-24-7-8/h1-7H,19H2,(H,20,22). The Morgan fingerprint density at radius 2 is 2.08 bits per heavy atom. The zero-order chi connectivity index (χ0) is 17.3. The predicted molar refractivity (Wildman–Crippen MR) is 83.6 cm³/mol. The molecular formula is C15H10F3N3O2S. The Bertz CT molecular complexity index is 872. The summed E-state index contributed by atoms with van der Waals surface area (Å²) >= 11 is 1.39. The van der Waals surface area contributed by atoms with Crippen molar-refractivity contribution in [3.63, 3.8) is 0 Å². The molecule has 0 radical (unpaired) electrons. The molecule has 0 spiro atoms. The number of nitrogens with one attached hydrogen (secondary N) is 1. The molecule has 2 heterocycles. The van der Waals surface area contributed by atoms with Gasteiger partial charge in [0, 0.05) is 16.6 Å². The molecule has 0 aliphatic carbocycles. The fourth-order valence-electron chi connectivity index (χ4n) is 2.09. The van der Waals surface area contributed by atoms with Gasteiger partial charge in [0.25, 0.3) is 5.91 Å². The number of aromatic nitrogens is 1. The van der Waals surface area contributed by atoms with E-state index in [1.807, 2.05) is 0 Å². The van der Waals surface area contributed by atoms with E-state index in [1.165, 1.54) is 23.5 Å². The number of nitrogens with zero attached hydrogens (tertiary/aromatic N) is 1. The number of halogens is 3. The van der Waals surface area contributed by atoms with Gasteiger partial charge >= 0.3 is 6.18 Å². The molecule has 24 heavy (non-hydrogen) atoms. The second kappa shape index (κ2) is 6.00. The lowest BCUT2D eigenvalue weighted by Crippen LogP contribution is -2.15. The van der Waals surface area contributed by atoms with Crippen molar-refractivity contribution in [2.75, 3.05) is 11.1 Å². The van der Waals surface area contributed by atoms with Crippen molar-refractivity contribution in [2.24, 2.45) is 0 Å². The molecule has 1 amide bonds. The minimum absolute atomic E-state index is 0.00769.